The third kappa shape index (κ3) is 1.19. The van der Waals surface area contributed by atoms with E-state index in [1.807, 2.05) is 0 Å². The van der Waals surface area contributed by atoms with Crippen LogP contribution < -0.4 is 0 Å². The van der Waals surface area contributed by atoms with Gasteiger partial charge in [0.05, 0.1) is 10.7 Å². The van der Waals surface area contributed by atoms with Crippen molar-refractivity contribution >= 4 is 23.2 Å². The molecule has 1 N–H and O–H groups in total. The van der Waals surface area contributed by atoms with Crippen molar-refractivity contribution in [1.29, 1.82) is 0 Å². The summed E-state index contributed by atoms with van der Waals surface area (Å²) in [7, 11) is 0. The Kier molecular flexibility index (Phi) is 1.78. The van der Waals surface area contributed by atoms with Crippen LogP contribution in [0.1, 0.15) is 0 Å². The molecule has 2 rings (SSSR count). The van der Waals surface area contributed by atoms with Crippen LogP contribution in [0, 0.1) is 0 Å². The summed E-state index contributed by atoms with van der Waals surface area (Å²) in [5.74, 6) is 0.434. The predicted octanol–water partition coefficient (Wildman–Crippen LogP) is 2.37. The molecule has 4 nitrogen and oxygen atoms in total. The standard InChI is InChI=1S/C6H3Cl2N3O/c7-3-1-4(10-5(3)8)6-9-2-12-11-6/h1-2,10H. The fourth-order valence-electron chi connectivity index (χ4n) is 0.814. The topological polar surface area (TPSA) is 54.7 Å². The quantitative estimate of drug-likeness (QED) is 0.775. The molecule has 0 fully saturated rings. The molecule has 0 aromatic carbocycles. The SMILES string of the molecule is Clc1cc(-c2ncon2)[nH]c1Cl. The Hall–Kier alpha value is -1.00. The van der Waals surface area contributed by atoms with Crippen molar-refractivity contribution in [3.05, 3.63) is 22.6 Å². The number of nitrogens with zero attached hydrogens (tertiary/aromatic N) is 2. The smallest absolute Gasteiger partial charge is 0.218 e. The first-order valence-corrected chi connectivity index (χ1v) is 3.83. The minimum atomic E-state index is 0.372. The lowest BCUT2D eigenvalue weighted by atomic mass is 10.4. The Bertz CT molecular complexity index is 362. The van der Waals surface area contributed by atoms with E-state index < -0.39 is 0 Å². The van der Waals surface area contributed by atoms with Gasteiger partial charge in [0, 0.05) is 0 Å². The van der Waals surface area contributed by atoms with Gasteiger partial charge in [-0.05, 0) is 6.07 Å². The van der Waals surface area contributed by atoms with Gasteiger partial charge in [0.1, 0.15) is 5.15 Å². The summed E-state index contributed by atoms with van der Waals surface area (Å²) in [5, 5.41) is 4.42. The fraction of sp³-hybridized carbons (Fsp3) is 0. The van der Waals surface area contributed by atoms with Gasteiger partial charge in [0.25, 0.3) is 0 Å². The second-order valence-electron chi connectivity index (χ2n) is 2.10. The van der Waals surface area contributed by atoms with Crippen molar-refractivity contribution < 1.29 is 4.52 Å². The first-order valence-electron chi connectivity index (χ1n) is 3.08. The molecule has 0 saturated carbocycles. The molecule has 0 radical (unpaired) electrons. The first-order chi connectivity index (χ1) is 5.77. The van der Waals surface area contributed by atoms with Gasteiger partial charge in [-0.25, -0.2) is 0 Å². The van der Waals surface area contributed by atoms with Crippen molar-refractivity contribution in [3.63, 3.8) is 0 Å². The Morgan fingerprint density at radius 1 is 1.42 bits per heavy atom. The minimum absolute atomic E-state index is 0.372. The highest BCUT2D eigenvalue weighted by Crippen LogP contribution is 2.26. The van der Waals surface area contributed by atoms with Gasteiger partial charge in [-0.3, -0.25) is 0 Å². The van der Waals surface area contributed by atoms with Crippen molar-refractivity contribution in [2.45, 2.75) is 0 Å². The van der Waals surface area contributed by atoms with Gasteiger partial charge in [-0.1, -0.05) is 28.4 Å². The van der Waals surface area contributed by atoms with Crippen molar-refractivity contribution in [3.8, 4) is 11.5 Å². The van der Waals surface area contributed by atoms with Crippen LogP contribution in [-0.4, -0.2) is 15.1 Å². The zero-order chi connectivity index (χ0) is 8.55. The van der Waals surface area contributed by atoms with Crippen molar-refractivity contribution in [2.75, 3.05) is 0 Å². The fourth-order valence-corrected chi connectivity index (χ4v) is 1.13. The number of aromatic nitrogens is 3. The lowest BCUT2D eigenvalue weighted by Gasteiger charge is -1.83. The average Bonchev–Trinajstić information content (AvgIpc) is 2.61. The molecule has 0 atom stereocenters. The summed E-state index contributed by atoms with van der Waals surface area (Å²) in [6.07, 6.45) is 1.23. The number of aromatic amines is 1. The number of halogens is 2. The summed E-state index contributed by atoms with van der Waals surface area (Å²) < 4.78 is 4.55. The number of nitrogens with one attached hydrogen (secondary N) is 1. The number of hydrogen-bond donors (Lipinski definition) is 1. The number of rotatable bonds is 1. The van der Waals surface area contributed by atoms with E-state index in [4.69, 9.17) is 23.2 Å². The van der Waals surface area contributed by atoms with Crippen LogP contribution >= 0.6 is 23.2 Å². The second-order valence-corrected chi connectivity index (χ2v) is 2.88. The molecule has 0 aliphatic carbocycles. The van der Waals surface area contributed by atoms with Crippen LogP contribution in [0.15, 0.2) is 17.0 Å². The van der Waals surface area contributed by atoms with E-state index in [0.29, 0.717) is 21.7 Å². The van der Waals surface area contributed by atoms with Crippen LogP contribution in [0.25, 0.3) is 11.5 Å². The van der Waals surface area contributed by atoms with Crippen LogP contribution in [0.5, 0.6) is 0 Å². The highest BCUT2D eigenvalue weighted by molar-refractivity contribution is 6.41. The van der Waals surface area contributed by atoms with Crippen LogP contribution in [-0.2, 0) is 0 Å². The molecular formula is C6H3Cl2N3O. The van der Waals surface area contributed by atoms with E-state index in [2.05, 4.69) is 19.6 Å². The molecular weight excluding hydrogens is 201 g/mol. The Morgan fingerprint density at radius 2 is 2.25 bits per heavy atom. The molecule has 2 aromatic heterocycles. The zero-order valence-corrected chi connectivity index (χ0v) is 7.23. The maximum Gasteiger partial charge on any atom is 0.218 e. The Morgan fingerprint density at radius 3 is 2.75 bits per heavy atom. The molecule has 0 aliphatic rings. The largest absolute Gasteiger partial charge is 0.342 e. The van der Waals surface area contributed by atoms with E-state index in [0.717, 1.165) is 0 Å². The van der Waals surface area contributed by atoms with Crippen LogP contribution in [0.2, 0.25) is 10.2 Å². The van der Waals surface area contributed by atoms with Crippen LogP contribution in [0.3, 0.4) is 0 Å². The van der Waals surface area contributed by atoms with E-state index in [9.17, 15) is 0 Å². The average molecular weight is 204 g/mol. The summed E-state index contributed by atoms with van der Waals surface area (Å²) in [4.78, 5) is 6.61. The molecule has 0 unspecified atom stereocenters. The Labute approximate surface area is 77.5 Å². The van der Waals surface area contributed by atoms with E-state index >= 15 is 0 Å². The van der Waals surface area contributed by atoms with Crippen molar-refractivity contribution in [2.24, 2.45) is 0 Å². The highest BCUT2D eigenvalue weighted by atomic mass is 35.5. The predicted molar refractivity (Wildman–Crippen MR) is 44.1 cm³/mol. The lowest BCUT2D eigenvalue weighted by Crippen LogP contribution is -1.77. The number of hydrogen-bond acceptors (Lipinski definition) is 3. The van der Waals surface area contributed by atoms with E-state index in [1.54, 1.807) is 6.07 Å². The van der Waals surface area contributed by atoms with E-state index in [-0.39, 0.29) is 0 Å². The molecule has 2 heterocycles. The van der Waals surface area contributed by atoms with Gasteiger partial charge in [-0.2, -0.15) is 4.98 Å². The van der Waals surface area contributed by atoms with Gasteiger partial charge in [0.2, 0.25) is 12.2 Å². The van der Waals surface area contributed by atoms with Gasteiger partial charge >= 0.3 is 0 Å². The monoisotopic (exact) mass is 203 g/mol. The molecule has 0 aliphatic heterocycles. The van der Waals surface area contributed by atoms with Gasteiger partial charge in [0.15, 0.2) is 0 Å². The number of H-pyrrole nitrogens is 1. The second kappa shape index (κ2) is 2.80. The first kappa shape index (κ1) is 7.64. The molecule has 0 amide bonds. The minimum Gasteiger partial charge on any atom is -0.342 e. The lowest BCUT2D eigenvalue weighted by molar-refractivity contribution is 0.418. The molecule has 12 heavy (non-hydrogen) atoms. The molecule has 62 valence electrons. The van der Waals surface area contributed by atoms with Crippen molar-refractivity contribution in [1.82, 2.24) is 15.1 Å². The van der Waals surface area contributed by atoms with Gasteiger partial charge in [-0.15, -0.1) is 0 Å². The van der Waals surface area contributed by atoms with E-state index in [1.165, 1.54) is 6.39 Å². The summed E-state index contributed by atoms with van der Waals surface area (Å²) >= 11 is 11.4. The summed E-state index contributed by atoms with van der Waals surface area (Å²) in [6.45, 7) is 0. The molecule has 0 bridgehead atoms. The summed E-state index contributed by atoms with van der Waals surface area (Å²) in [5.41, 5.74) is 0.638. The van der Waals surface area contributed by atoms with Gasteiger partial charge < -0.3 is 9.51 Å². The maximum atomic E-state index is 5.70. The third-order valence-electron chi connectivity index (χ3n) is 1.33. The summed E-state index contributed by atoms with van der Waals surface area (Å²) in [6, 6.07) is 1.63. The molecule has 0 saturated heterocycles. The Balaban J connectivity index is 2.48. The zero-order valence-electron chi connectivity index (χ0n) is 5.71. The highest BCUT2D eigenvalue weighted by Gasteiger charge is 2.08. The molecule has 0 spiro atoms. The maximum absolute atomic E-state index is 5.70. The van der Waals surface area contributed by atoms with Crippen LogP contribution in [0.4, 0.5) is 0 Å². The molecule has 6 heteroatoms. The normalized spacial score (nSPS) is 10.5. The molecule has 2 aromatic rings. The third-order valence-corrected chi connectivity index (χ3v) is 2.02.